The quantitative estimate of drug-likeness (QED) is 0.304. The largest absolute Gasteiger partial charge is 0.463 e. The van der Waals surface area contributed by atoms with Gasteiger partial charge in [-0.05, 0) is 56.8 Å². The van der Waals surface area contributed by atoms with Crippen LogP contribution in [-0.4, -0.2) is 61.0 Å². The van der Waals surface area contributed by atoms with Crippen molar-refractivity contribution in [2.75, 3.05) is 27.2 Å². The third-order valence-corrected chi connectivity index (χ3v) is 6.76. The number of likely N-dealkylation sites (N-methyl/N-ethyl adjacent to an activating group) is 2. The molecule has 0 aliphatic rings. The van der Waals surface area contributed by atoms with Gasteiger partial charge in [-0.2, -0.15) is 0 Å². The van der Waals surface area contributed by atoms with Crippen molar-refractivity contribution < 1.29 is 14.3 Å². The average molecular weight is 500 g/mol. The van der Waals surface area contributed by atoms with Crippen LogP contribution in [0.4, 0.5) is 0 Å². The summed E-state index contributed by atoms with van der Waals surface area (Å²) in [4.78, 5) is 30.2. The standard InChI is InChI=1S/C30H49N3O3/c1-13-32(11)26(24-18-16-15-17-21(24)5)28(34)31-27(30(8,9)10)23(7)33(12)25(20(3)4)19-22(6)29(35)36-14-2/h15-20,25-27H,7,13-14H2,1-6,8-12H3,(H,31,34)/b22-19+. The molecule has 0 aliphatic heterocycles. The highest BCUT2D eigenvalue weighted by atomic mass is 16.5. The number of rotatable bonds is 12. The maximum Gasteiger partial charge on any atom is 0.333 e. The van der Waals surface area contributed by atoms with Crippen molar-refractivity contribution in [2.24, 2.45) is 11.3 Å². The molecule has 6 heteroatoms. The first kappa shape index (κ1) is 31.4. The van der Waals surface area contributed by atoms with E-state index in [1.165, 1.54) is 0 Å². The Hall–Kier alpha value is -2.60. The van der Waals surface area contributed by atoms with Crippen molar-refractivity contribution in [1.82, 2.24) is 15.1 Å². The number of benzene rings is 1. The summed E-state index contributed by atoms with van der Waals surface area (Å²) in [6.45, 7) is 23.7. The Bertz CT molecular complexity index is 930. The third kappa shape index (κ3) is 8.22. The highest BCUT2D eigenvalue weighted by molar-refractivity contribution is 5.87. The maximum absolute atomic E-state index is 13.8. The fraction of sp³-hybridized carbons (Fsp3) is 0.600. The van der Waals surface area contributed by atoms with Crippen molar-refractivity contribution in [1.29, 1.82) is 0 Å². The first-order valence-electron chi connectivity index (χ1n) is 13.0. The highest BCUT2D eigenvalue weighted by Gasteiger charge is 2.36. The molecule has 6 nitrogen and oxygen atoms in total. The number of hydrogen-bond acceptors (Lipinski definition) is 5. The summed E-state index contributed by atoms with van der Waals surface area (Å²) < 4.78 is 5.18. The Morgan fingerprint density at radius 2 is 1.72 bits per heavy atom. The maximum atomic E-state index is 13.8. The molecule has 0 bridgehead atoms. The number of amides is 1. The molecule has 202 valence electrons. The first-order chi connectivity index (χ1) is 16.7. The van der Waals surface area contributed by atoms with E-state index >= 15 is 0 Å². The van der Waals surface area contributed by atoms with Crippen LogP contribution in [0.15, 0.2) is 48.2 Å². The second-order valence-electron chi connectivity index (χ2n) is 11.0. The van der Waals surface area contributed by atoms with Gasteiger partial charge in [0.05, 0.1) is 12.6 Å². The van der Waals surface area contributed by atoms with E-state index in [1.807, 2.05) is 51.4 Å². The molecule has 0 saturated heterocycles. The zero-order chi connectivity index (χ0) is 27.8. The predicted octanol–water partition coefficient (Wildman–Crippen LogP) is 5.50. The minimum atomic E-state index is -0.411. The molecule has 1 amide bonds. The summed E-state index contributed by atoms with van der Waals surface area (Å²) in [5.41, 5.74) is 3.16. The number of hydrogen-bond donors (Lipinski definition) is 1. The molecule has 0 aromatic heterocycles. The molecule has 0 heterocycles. The second-order valence-corrected chi connectivity index (χ2v) is 11.0. The van der Waals surface area contributed by atoms with Gasteiger partial charge >= 0.3 is 5.97 Å². The van der Waals surface area contributed by atoms with Crippen LogP contribution in [0.2, 0.25) is 0 Å². The molecule has 3 atom stereocenters. The second kappa shape index (κ2) is 13.6. The lowest BCUT2D eigenvalue weighted by atomic mass is 9.83. The predicted molar refractivity (Wildman–Crippen MR) is 150 cm³/mol. The Morgan fingerprint density at radius 1 is 1.14 bits per heavy atom. The summed E-state index contributed by atoms with van der Waals surface area (Å²) in [6.07, 6.45) is 1.94. The van der Waals surface area contributed by atoms with E-state index in [0.29, 0.717) is 12.2 Å². The van der Waals surface area contributed by atoms with E-state index in [4.69, 9.17) is 4.74 Å². The first-order valence-corrected chi connectivity index (χ1v) is 13.0. The van der Waals surface area contributed by atoms with Crippen LogP contribution in [0, 0.1) is 18.3 Å². The SMILES string of the molecule is C=C(C(NC(=O)C(c1ccccc1C)N(C)CC)C(C)(C)C)N(C)C(/C=C(\C)C(=O)OCC)C(C)C. The molecule has 0 saturated carbocycles. The van der Waals surface area contributed by atoms with Crippen molar-refractivity contribution >= 4 is 11.9 Å². The highest BCUT2D eigenvalue weighted by Crippen LogP contribution is 2.31. The van der Waals surface area contributed by atoms with Gasteiger partial charge in [-0.25, -0.2) is 4.79 Å². The molecular formula is C30H49N3O3. The Morgan fingerprint density at radius 3 is 2.19 bits per heavy atom. The van der Waals surface area contributed by atoms with Gasteiger partial charge in [-0.15, -0.1) is 0 Å². The number of nitrogens with one attached hydrogen (secondary N) is 1. The lowest BCUT2D eigenvalue weighted by Crippen LogP contribution is -2.52. The smallest absolute Gasteiger partial charge is 0.333 e. The lowest BCUT2D eigenvalue weighted by molar-refractivity contribution is -0.138. The third-order valence-electron chi connectivity index (χ3n) is 6.76. The minimum Gasteiger partial charge on any atom is -0.463 e. The van der Waals surface area contributed by atoms with Gasteiger partial charge in [-0.1, -0.05) is 78.5 Å². The summed E-state index contributed by atoms with van der Waals surface area (Å²) in [5.74, 6) is -0.160. The molecule has 0 aliphatic carbocycles. The number of nitrogens with zero attached hydrogens (tertiary/aromatic N) is 2. The molecule has 0 spiro atoms. The van der Waals surface area contributed by atoms with Crippen LogP contribution < -0.4 is 5.32 Å². The minimum absolute atomic E-state index is 0.0533. The molecule has 1 aromatic rings. The van der Waals surface area contributed by atoms with Crippen LogP contribution in [-0.2, 0) is 14.3 Å². The Kier molecular flexibility index (Phi) is 11.9. The molecule has 1 N–H and O–H groups in total. The van der Waals surface area contributed by atoms with Gasteiger partial charge in [0, 0.05) is 24.4 Å². The fourth-order valence-electron chi connectivity index (χ4n) is 4.39. The molecule has 1 aromatic carbocycles. The van der Waals surface area contributed by atoms with E-state index in [9.17, 15) is 9.59 Å². The Balaban J connectivity index is 3.35. The van der Waals surface area contributed by atoms with Gasteiger partial charge in [0.15, 0.2) is 0 Å². The van der Waals surface area contributed by atoms with Crippen LogP contribution >= 0.6 is 0 Å². The summed E-state index contributed by atoms with van der Waals surface area (Å²) in [5, 5.41) is 3.33. The van der Waals surface area contributed by atoms with Crippen LogP contribution in [0.25, 0.3) is 0 Å². The van der Waals surface area contributed by atoms with Crippen LogP contribution in [0.3, 0.4) is 0 Å². The van der Waals surface area contributed by atoms with Crippen LogP contribution in [0.1, 0.15) is 72.6 Å². The van der Waals surface area contributed by atoms with E-state index in [2.05, 4.69) is 63.2 Å². The normalized spacial score (nSPS) is 14.9. The molecule has 3 unspecified atom stereocenters. The number of carbonyl (C=O) groups is 2. The van der Waals surface area contributed by atoms with Gasteiger partial charge in [0.1, 0.15) is 6.04 Å². The van der Waals surface area contributed by atoms with Crippen molar-refractivity contribution in [3.8, 4) is 0 Å². The average Bonchev–Trinajstić information content (AvgIpc) is 2.80. The summed E-state index contributed by atoms with van der Waals surface area (Å²) >= 11 is 0. The summed E-state index contributed by atoms with van der Waals surface area (Å²) in [7, 11) is 3.95. The van der Waals surface area contributed by atoms with Crippen LogP contribution in [0.5, 0.6) is 0 Å². The molecule has 0 radical (unpaired) electrons. The van der Waals surface area contributed by atoms with Crippen molar-refractivity contribution in [2.45, 2.75) is 80.4 Å². The number of aryl methyl sites for hydroxylation is 1. The molecule has 1 rings (SSSR count). The van der Waals surface area contributed by atoms with Gasteiger partial charge < -0.3 is 15.0 Å². The van der Waals surface area contributed by atoms with Gasteiger partial charge in [0.2, 0.25) is 5.91 Å². The van der Waals surface area contributed by atoms with E-state index < -0.39 is 6.04 Å². The van der Waals surface area contributed by atoms with Gasteiger partial charge in [-0.3, -0.25) is 9.69 Å². The topological polar surface area (TPSA) is 61.9 Å². The monoisotopic (exact) mass is 499 g/mol. The zero-order valence-corrected chi connectivity index (χ0v) is 24.4. The lowest BCUT2D eigenvalue weighted by Gasteiger charge is -2.42. The van der Waals surface area contributed by atoms with Crippen molar-refractivity contribution in [3.05, 3.63) is 59.3 Å². The van der Waals surface area contributed by atoms with E-state index in [1.54, 1.807) is 13.8 Å². The fourth-order valence-corrected chi connectivity index (χ4v) is 4.39. The Labute approximate surface area is 219 Å². The number of esters is 1. The zero-order valence-electron chi connectivity index (χ0n) is 24.4. The van der Waals surface area contributed by atoms with Crippen molar-refractivity contribution in [3.63, 3.8) is 0 Å². The van der Waals surface area contributed by atoms with Gasteiger partial charge in [0.25, 0.3) is 0 Å². The van der Waals surface area contributed by atoms with E-state index in [-0.39, 0.29) is 35.3 Å². The molecule has 0 fully saturated rings. The molecule has 36 heavy (non-hydrogen) atoms. The van der Waals surface area contributed by atoms with E-state index in [0.717, 1.165) is 23.4 Å². The number of carbonyl (C=O) groups excluding carboxylic acids is 2. The number of ether oxygens (including phenoxy) is 1. The summed E-state index contributed by atoms with van der Waals surface area (Å²) in [6, 6.07) is 7.22. The molecular weight excluding hydrogens is 450 g/mol.